The Morgan fingerprint density at radius 1 is 1.38 bits per heavy atom. The maximum absolute atomic E-state index is 4.24. The Morgan fingerprint density at radius 3 is 2.85 bits per heavy atom. The average molecular weight is 188 g/mol. The van der Waals surface area contributed by atoms with Gasteiger partial charge in [-0.15, -0.1) is 0 Å². The number of fused-ring (bicyclic) bond motifs is 1. The standard InChI is InChI=1S/C9H10N3Si/c1-6(2)12-4-3-7-8(12)10-5-11-9(7)13/h3-6H,1-2H3. The Kier molecular flexibility index (Phi) is 1.92. The molecule has 2 aromatic heterocycles. The van der Waals surface area contributed by atoms with Gasteiger partial charge in [0.05, 0.1) is 0 Å². The molecule has 0 spiro atoms. The summed E-state index contributed by atoms with van der Waals surface area (Å²) in [6.45, 7) is 4.27. The summed E-state index contributed by atoms with van der Waals surface area (Å²) in [5.41, 5.74) is 0.981. The fourth-order valence-electron chi connectivity index (χ4n) is 1.39. The van der Waals surface area contributed by atoms with E-state index in [2.05, 4.69) is 38.6 Å². The van der Waals surface area contributed by atoms with E-state index in [1.807, 2.05) is 12.3 Å². The molecule has 0 aliphatic carbocycles. The first-order chi connectivity index (χ1) is 6.20. The normalized spacial score (nSPS) is 11.4. The number of aromatic nitrogens is 3. The second-order valence-corrected chi connectivity index (χ2v) is 3.75. The van der Waals surface area contributed by atoms with Crippen LogP contribution < -0.4 is 5.32 Å². The van der Waals surface area contributed by atoms with Crippen LogP contribution in [-0.4, -0.2) is 24.8 Å². The first kappa shape index (κ1) is 8.44. The van der Waals surface area contributed by atoms with Gasteiger partial charge >= 0.3 is 0 Å². The lowest BCUT2D eigenvalue weighted by atomic mass is 10.4. The van der Waals surface area contributed by atoms with E-state index in [9.17, 15) is 0 Å². The van der Waals surface area contributed by atoms with Crippen LogP contribution in [0.5, 0.6) is 0 Å². The Bertz CT molecular complexity index is 433. The first-order valence-electron chi connectivity index (χ1n) is 4.23. The summed E-state index contributed by atoms with van der Waals surface area (Å²) in [6.07, 6.45) is 3.61. The molecule has 65 valence electrons. The number of hydrogen-bond acceptors (Lipinski definition) is 2. The lowest BCUT2D eigenvalue weighted by Gasteiger charge is -2.07. The highest BCUT2D eigenvalue weighted by Crippen LogP contribution is 2.14. The zero-order valence-corrected chi connectivity index (χ0v) is 8.65. The molecule has 0 aromatic carbocycles. The van der Waals surface area contributed by atoms with E-state index >= 15 is 0 Å². The third kappa shape index (κ3) is 1.27. The molecule has 0 atom stereocenters. The molecule has 3 radical (unpaired) electrons. The van der Waals surface area contributed by atoms with Gasteiger partial charge in [0.15, 0.2) is 0 Å². The molecule has 0 unspecified atom stereocenters. The molecule has 0 aliphatic rings. The minimum absolute atomic E-state index is 0.429. The summed E-state index contributed by atoms with van der Waals surface area (Å²) in [5, 5.41) is 1.91. The Balaban J connectivity index is 2.75. The van der Waals surface area contributed by atoms with Crippen molar-refractivity contribution < 1.29 is 0 Å². The predicted molar refractivity (Wildman–Crippen MR) is 53.3 cm³/mol. The molecule has 0 aliphatic heterocycles. The fraction of sp³-hybridized carbons (Fsp3) is 0.333. The van der Waals surface area contributed by atoms with Crippen LogP contribution in [0.25, 0.3) is 11.0 Å². The van der Waals surface area contributed by atoms with Crippen molar-refractivity contribution in [3.8, 4) is 0 Å². The molecule has 0 saturated carbocycles. The number of nitrogens with zero attached hydrogens (tertiary/aromatic N) is 3. The molecule has 0 N–H and O–H groups in total. The van der Waals surface area contributed by atoms with Gasteiger partial charge in [0.25, 0.3) is 0 Å². The van der Waals surface area contributed by atoms with Crippen LogP contribution in [0.3, 0.4) is 0 Å². The molecule has 2 heterocycles. The van der Waals surface area contributed by atoms with E-state index in [0.29, 0.717) is 6.04 Å². The molecule has 2 aromatic rings. The second-order valence-electron chi connectivity index (χ2n) is 3.28. The third-order valence-electron chi connectivity index (χ3n) is 2.07. The van der Waals surface area contributed by atoms with Crippen molar-refractivity contribution in [3.63, 3.8) is 0 Å². The van der Waals surface area contributed by atoms with Gasteiger partial charge in [-0.25, -0.2) is 9.97 Å². The van der Waals surface area contributed by atoms with Crippen LogP contribution in [0.4, 0.5) is 0 Å². The molecule has 0 saturated heterocycles. The zero-order valence-electron chi connectivity index (χ0n) is 7.65. The second kappa shape index (κ2) is 2.96. The highest BCUT2D eigenvalue weighted by atomic mass is 28.1. The largest absolute Gasteiger partial charge is 0.330 e. The van der Waals surface area contributed by atoms with E-state index in [1.165, 1.54) is 0 Å². The summed E-state index contributed by atoms with van der Waals surface area (Å²) >= 11 is 0. The van der Waals surface area contributed by atoms with Crippen molar-refractivity contribution in [2.24, 2.45) is 0 Å². The Morgan fingerprint density at radius 2 is 2.15 bits per heavy atom. The van der Waals surface area contributed by atoms with Gasteiger partial charge in [0, 0.05) is 22.9 Å². The molecule has 4 heteroatoms. The van der Waals surface area contributed by atoms with E-state index in [4.69, 9.17) is 0 Å². The average Bonchev–Trinajstić information content (AvgIpc) is 2.48. The monoisotopic (exact) mass is 188 g/mol. The van der Waals surface area contributed by atoms with Gasteiger partial charge in [0.2, 0.25) is 0 Å². The van der Waals surface area contributed by atoms with E-state index in [0.717, 1.165) is 16.4 Å². The molecule has 0 fully saturated rings. The minimum atomic E-state index is 0.429. The van der Waals surface area contributed by atoms with Crippen LogP contribution in [0.15, 0.2) is 18.6 Å². The minimum Gasteiger partial charge on any atom is -0.330 e. The van der Waals surface area contributed by atoms with Crippen molar-refractivity contribution in [2.45, 2.75) is 19.9 Å². The van der Waals surface area contributed by atoms with Crippen molar-refractivity contribution in [1.29, 1.82) is 0 Å². The highest BCUT2D eigenvalue weighted by Gasteiger charge is 2.06. The lowest BCUT2D eigenvalue weighted by molar-refractivity contribution is 0.618. The van der Waals surface area contributed by atoms with Gasteiger partial charge in [0.1, 0.15) is 22.2 Å². The zero-order chi connectivity index (χ0) is 9.42. The summed E-state index contributed by atoms with van der Waals surface area (Å²) < 4.78 is 2.13. The van der Waals surface area contributed by atoms with Gasteiger partial charge in [-0.2, -0.15) is 0 Å². The maximum Gasteiger partial charge on any atom is 0.143 e. The van der Waals surface area contributed by atoms with Crippen molar-refractivity contribution >= 4 is 26.6 Å². The fourth-order valence-corrected chi connectivity index (χ4v) is 1.64. The molecule has 2 rings (SSSR count). The summed E-state index contributed by atoms with van der Waals surface area (Å²) in [6, 6.07) is 2.45. The van der Waals surface area contributed by atoms with Crippen LogP contribution in [-0.2, 0) is 0 Å². The van der Waals surface area contributed by atoms with Crippen LogP contribution in [0.1, 0.15) is 19.9 Å². The van der Waals surface area contributed by atoms with E-state index in [-0.39, 0.29) is 0 Å². The van der Waals surface area contributed by atoms with Crippen LogP contribution >= 0.6 is 0 Å². The van der Waals surface area contributed by atoms with Gasteiger partial charge < -0.3 is 4.57 Å². The maximum atomic E-state index is 4.24. The number of hydrogen-bond donors (Lipinski definition) is 0. The summed E-state index contributed by atoms with van der Waals surface area (Å²) in [5.74, 6) is 0. The molecule has 13 heavy (non-hydrogen) atoms. The van der Waals surface area contributed by atoms with E-state index in [1.54, 1.807) is 6.33 Å². The van der Waals surface area contributed by atoms with E-state index < -0.39 is 0 Å². The molecule has 3 nitrogen and oxygen atoms in total. The topological polar surface area (TPSA) is 30.7 Å². The highest BCUT2D eigenvalue weighted by molar-refractivity contribution is 6.36. The van der Waals surface area contributed by atoms with Gasteiger partial charge in [-0.05, 0) is 19.9 Å². The quantitative estimate of drug-likeness (QED) is 0.620. The first-order valence-corrected chi connectivity index (χ1v) is 4.73. The van der Waals surface area contributed by atoms with Crippen molar-refractivity contribution in [3.05, 3.63) is 18.6 Å². The third-order valence-corrected chi connectivity index (χ3v) is 2.46. The van der Waals surface area contributed by atoms with Crippen LogP contribution in [0.2, 0.25) is 0 Å². The summed E-state index contributed by atoms with van der Waals surface area (Å²) in [7, 11) is 3.45. The molecule has 0 amide bonds. The van der Waals surface area contributed by atoms with Crippen LogP contribution in [0, 0.1) is 0 Å². The van der Waals surface area contributed by atoms with Crippen molar-refractivity contribution in [2.75, 3.05) is 0 Å². The summed E-state index contributed by atoms with van der Waals surface area (Å²) in [4.78, 5) is 8.31. The molecular formula is C9H10N3Si. The SMILES string of the molecule is CC(C)n1ccc2c([Si])ncnc21. The van der Waals surface area contributed by atoms with Gasteiger partial charge in [-0.1, -0.05) is 0 Å². The molecule has 0 bridgehead atoms. The Labute approximate surface area is 80.2 Å². The number of rotatable bonds is 1. The predicted octanol–water partition coefficient (Wildman–Crippen LogP) is 0.806. The smallest absolute Gasteiger partial charge is 0.143 e. The Hall–Kier alpha value is -1.16. The van der Waals surface area contributed by atoms with Gasteiger partial charge in [-0.3, -0.25) is 0 Å². The molecular weight excluding hydrogens is 178 g/mol. The van der Waals surface area contributed by atoms with Crippen molar-refractivity contribution in [1.82, 2.24) is 14.5 Å². The lowest BCUT2D eigenvalue weighted by Crippen LogP contribution is -2.10.